The summed E-state index contributed by atoms with van der Waals surface area (Å²) in [4.78, 5) is 22.3. The van der Waals surface area contributed by atoms with Gasteiger partial charge in [-0.25, -0.2) is 4.79 Å². The van der Waals surface area contributed by atoms with Crippen molar-refractivity contribution in [3.8, 4) is 0 Å². The van der Waals surface area contributed by atoms with E-state index in [4.69, 9.17) is 9.84 Å². The molecule has 7 heteroatoms. The first-order valence-corrected chi connectivity index (χ1v) is 9.07. The number of carbonyl (C=O) groups excluding carboxylic acids is 1. The van der Waals surface area contributed by atoms with Crippen LogP contribution in [0, 0.1) is 0 Å². The Morgan fingerprint density at radius 3 is 2.29 bits per heavy atom. The van der Waals surface area contributed by atoms with Crippen LogP contribution in [0.15, 0.2) is 54.6 Å². The van der Waals surface area contributed by atoms with E-state index in [9.17, 15) is 19.8 Å². The monoisotopic (exact) mass is 387 g/mol. The summed E-state index contributed by atoms with van der Waals surface area (Å²) in [5.74, 6) is -0.866. The van der Waals surface area contributed by atoms with E-state index in [0.717, 1.165) is 11.1 Å². The maximum absolute atomic E-state index is 11.7. The summed E-state index contributed by atoms with van der Waals surface area (Å²) in [7, 11) is 0. The van der Waals surface area contributed by atoms with Crippen LogP contribution in [0.5, 0.6) is 0 Å². The quantitative estimate of drug-likeness (QED) is 0.498. The van der Waals surface area contributed by atoms with Crippen LogP contribution in [-0.2, 0) is 22.6 Å². The molecule has 0 bridgehead atoms. The first kappa shape index (κ1) is 21.4. The molecule has 0 spiro atoms. The van der Waals surface area contributed by atoms with E-state index in [1.165, 1.54) is 0 Å². The van der Waals surface area contributed by atoms with Gasteiger partial charge in [0.1, 0.15) is 12.7 Å². The van der Waals surface area contributed by atoms with E-state index in [-0.39, 0.29) is 26.0 Å². The normalized spacial score (nSPS) is 12.8. The number of aryl methyl sites for hydroxylation is 1. The second-order valence-electron chi connectivity index (χ2n) is 6.42. The molecule has 28 heavy (non-hydrogen) atoms. The number of ether oxygens (including phenoxy) is 1. The Hall–Kier alpha value is -2.90. The number of hydrogen-bond donors (Lipinski definition) is 4. The lowest BCUT2D eigenvalue weighted by Gasteiger charge is -2.18. The first-order valence-electron chi connectivity index (χ1n) is 9.07. The summed E-state index contributed by atoms with van der Waals surface area (Å²) in [5, 5.41) is 31.6. The van der Waals surface area contributed by atoms with Crippen molar-refractivity contribution in [3.05, 3.63) is 71.3 Å². The van der Waals surface area contributed by atoms with Crippen molar-refractivity contribution >= 4 is 12.1 Å². The molecular formula is C21H25NO6. The molecule has 0 fully saturated rings. The van der Waals surface area contributed by atoms with Crippen LogP contribution in [0.3, 0.4) is 0 Å². The SMILES string of the molecule is O=C(O)CCc1ccc(C(O)C(O)CCNC(=O)OCc2ccccc2)cc1. The van der Waals surface area contributed by atoms with Crippen LogP contribution in [0.1, 0.15) is 35.6 Å². The van der Waals surface area contributed by atoms with Gasteiger partial charge in [0, 0.05) is 13.0 Å². The molecule has 2 aromatic rings. The smallest absolute Gasteiger partial charge is 0.407 e. The predicted molar refractivity (Wildman–Crippen MR) is 103 cm³/mol. The van der Waals surface area contributed by atoms with Gasteiger partial charge in [0.05, 0.1) is 6.10 Å². The molecular weight excluding hydrogens is 362 g/mol. The van der Waals surface area contributed by atoms with Gasteiger partial charge in [-0.05, 0) is 29.5 Å². The molecule has 0 saturated heterocycles. The molecule has 0 saturated carbocycles. The molecule has 2 rings (SSSR count). The van der Waals surface area contributed by atoms with Gasteiger partial charge in [-0.3, -0.25) is 4.79 Å². The average molecular weight is 387 g/mol. The van der Waals surface area contributed by atoms with Crippen LogP contribution < -0.4 is 5.32 Å². The summed E-state index contributed by atoms with van der Waals surface area (Å²) in [5.41, 5.74) is 2.24. The molecule has 2 atom stereocenters. The number of alkyl carbamates (subject to hydrolysis) is 1. The molecule has 0 heterocycles. The summed E-state index contributed by atoms with van der Waals surface area (Å²) >= 11 is 0. The number of carboxylic acid groups (broad SMARTS) is 1. The van der Waals surface area contributed by atoms with Gasteiger partial charge in [0.15, 0.2) is 0 Å². The number of carboxylic acids is 1. The zero-order valence-electron chi connectivity index (χ0n) is 15.5. The van der Waals surface area contributed by atoms with Gasteiger partial charge in [0.2, 0.25) is 0 Å². The fourth-order valence-corrected chi connectivity index (χ4v) is 2.61. The van der Waals surface area contributed by atoms with E-state index in [1.807, 2.05) is 30.3 Å². The Labute approximate surface area is 163 Å². The van der Waals surface area contributed by atoms with Gasteiger partial charge in [-0.1, -0.05) is 54.6 Å². The van der Waals surface area contributed by atoms with Gasteiger partial charge in [0.25, 0.3) is 0 Å². The van der Waals surface area contributed by atoms with Crippen molar-refractivity contribution in [2.45, 2.75) is 38.1 Å². The third-order valence-electron chi connectivity index (χ3n) is 4.24. The third-order valence-corrected chi connectivity index (χ3v) is 4.24. The highest BCUT2D eigenvalue weighted by Crippen LogP contribution is 2.19. The molecule has 0 aromatic heterocycles. The standard InChI is InChI=1S/C21H25NO6/c23-18(12-13-22-21(27)28-14-16-4-2-1-3-5-16)20(26)17-9-6-15(7-10-17)8-11-19(24)25/h1-7,9-10,18,20,23,26H,8,11-14H2,(H,22,27)(H,24,25). The summed E-state index contributed by atoms with van der Waals surface area (Å²) in [6.45, 7) is 0.314. The maximum Gasteiger partial charge on any atom is 0.407 e. The highest BCUT2D eigenvalue weighted by atomic mass is 16.5. The van der Waals surface area contributed by atoms with Crippen molar-refractivity contribution in [3.63, 3.8) is 0 Å². The van der Waals surface area contributed by atoms with Crippen LogP contribution in [0.2, 0.25) is 0 Å². The Bertz CT molecular complexity index is 747. The number of aliphatic carboxylic acids is 1. The minimum absolute atomic E-state index is 0.0383. The molecule has 2 aromatic carbocycles. The molecule has 2 unspecified atom stereocenters. The lowest BCUT2D eigenvalue weighted by molar-refractivity contribution is -0.136. The number of nitrogens with one attached hydrogen (secondary N) is 1. The Kier molecular flexibility index (Phi) is 8.45. The van der Waals surface area contributed by atoms with E-state index in [0.29, 0.717) is 12.0 Å². The Morgan fingerprint density at radius 1 is 0.964 bits per heavy atom. The summed E-state index contributed by atoms with van der Waals surface area (Å²) in [6, 6.07) is 16.1. The summed E-state index contributed by atoms with van der Waals surface area (Å²) in [6.07, 6.45) is -2.15. The van der Waals surface area contributed by atoms with Crippen LogP contribution in [-0.4, -0.2) is 40.0 Å². The van der Waals surface area contributed by atoms with Crippen molar-refractivity contribution in [1.82, 2.24) is 5.32 Å². The molecule has 0 radical (unpaired) electrons. The number of amides is 1. The van der Waals surface area contributed by atoms with Gasteiger partial charge in [-0.15, -0.1) is 0 Å². The van der Waals surface area contributed by atoms with E-state index >= 15 is 0 Å². The largest absolute Gasteiger partial charge is 0.481 e. The third kappa shape index (κ3) is 7.38. The number of aliphatic hydroxyl groups is 2. The van der Waals surface area contributed by atoms with Crippen molar-refractivity contribution in [2.24, 2.45) is 0 Å². The lowest BCUT2D eigenvalue weighted by atomic mass is 9.99. The number of hydrogen-bond acceptors (Lipinski definition) is 5. The number of rotatable bonds is 10. The minimum atomic E-state index is -1.10. The van der Waals surface area contributed by atoms with Crippen LogP contribution >= 0.6 is 0 Å². The maximum atomic E-state index is 11.7. The highest BCUT2D eigenvalue weighted by molar-refractivity contribution is 5.67. The van der Waals surface area contributed by atoms with Gasteiger partial charge >= 0.3 is 12.1 Å². The zero-order chi connectivity index (χ0) is 20.4. The number of carbonyl (C=O) groups is 2. The zero-order valence-corrected chi connectivity index (χ0v) is 15.5. The van der Waals surface area contributed by atoms with E-state index < -0.39 is 24.3 Å². The number of aliphatic hydroxyl groups excluding tert-OH is 2. The second kappa shape index (κ2) is 11.1. The minimum Gasteiger partial charge on any atom is -0.481 e. The Balaban J connectivity index is 1.70. The van der Waals surface area contributed by atoms with Crippen LogP contribution in [0.25, 0.3) is 0 Å². The molecule has 0 aliphatic heterocycles. The topological polar surface area (TPSA) is 116 Å². The highest BCUT2D eigenvalue weighted by Gasteiger charge is 2.18. The van der Waals surface area contributed by atoms with Gasteiger partial charge < -0.3 is 25.4 Å². The lowest BCUT2D eigenvalue weighted by Crippen LogP contribution is -2.29. The average Bonchev–Trinajstić information content (AvgIpc) is 2.71. The molecule has 150 valence electrons. The van der Waals surface area contributed by atoms with Crippen LogP contribution in [0.4, 0.5) is 4.79 Å². The molecule has 1 amide bonds. The summed E-state index contributed by atoms with van der Waals surface area (Å²) < 4.78 is 5.07. The van der Waals surface area contributed by atoms with Crippen molar-refractivity contribution < 1.29 is 29.6 Å². The molecule has 0 aliphatic rings. The second-order valence-corrected chi connectivity index (χ2v) is 6.42. The number of benzene rings is 2. The molecule has 0 aliphatic carbocycles. The van der Waals surface area contributed by atoms with Gasteiger partial charge in [-0.2, -0.15) is 0 Å². The molecule has 4 N–H and O–H groups in total. The predicted octanol–water partition coefficient (Wildman–Crippen LogP) is 2.41. The Morgan fingerprint density at radius 2 is 1.64 bits per heavy atom. The van der Waals surface area contributed by atoms with E-state index in [2.05, 4.69) is 5.32 Å². The first-order chi connectivity index (χ1) is 13.5. The fourth-order valence-electron chi connectivity index (χ4n) is 2.61. The molecule has 7 nitrogen and oxygen atoms in total. The van der Waals surface area contributed by atoms with E-state index in [1.54, 1.807) is 24.3 Å². The van der Waals surface area contributed by atoms with Crippen molar-refractivity contribution in [2.75, 3.05) is 6.54 Å². The fraction of sp³-hybridized carbons (Fsp3) is 0.333. The van der Waals surface area contributed by atoms with Crippen molar-refractivity contribution in [1.29, 1.82) is 0 Å².